The molecule has 15 heavy (non-hydrogen) atoms. The molecule has 1 N–H and O–H groups in total. The van der Waals surface area contributed by atoms with Crippen molar-refractivity contribution in [1.82, 2.24) is 0 Å². The summed E-state index contributed by atoms with van der Waals surface area (Å²) in [5.41, 5.74) is 2.74. The molecule has 1 aliphatic heterocycles. The number of hydrogen-bond acceptors (Lipinski definition) is 2. The zero-order valence-electron chi connectivity index (χ0n) is 9.16. The van der Waals surface area contributed by atoms with Gasteiger partial charge in [0.05, 0.1) is 5.69 Å². The van der Waals surface area contributed by atoms with Crippen LogP contribution in [0.4, 0.5) is 5.69 Å². The van der Waals surface area contributed by atoms with Crippen molar-refractivity contribution in [2.45, 2.75) is 31.9 Å². The van der Waals surface area contributed by atoms with Gasteiger partial charge in [-0.2, -0.15) is 0 Å². The standard InChI is InChI=1S/C11H15NO2S/c1-4-8-5-6-9-10(7-8)12-15(13,14)11(9,2)3/h5-7,12H,4H2,1-3H3. The molecule has 0 fully saturated rings. The van der Waals surface area contributed by atoms with Crippen molar-refractivity contribution < 1.29 is 8.42 Å². The van der Waals surface area contributed by atoms with E-state index in [1.807, 2.05) is 18.2 Å². The fraction of sp³-hybridized carbons (Fsp3) is 0.455. The summed E-state index contributed by atoms with van der Waals surface area (Å²) in [4.78, 5) is 0. The van der Waals surface area contributed by atoms with E-state index in [9.17, 15) is 8.42 Å². The summed E-state index contributed by atoms with van der Waals surface area (Å²) in [5, 5.41) is 0. The van der Waals surface area contributed by atoms with Gasteiger partial charge in [0.15, 0.2) is 0 Å². The van der Waals surface area contributed by atoms with Gasteiger partial charge in [-0.05, 0) is 37.5 Å². The average Bonchev–Trinajstić information content (AvgIpc) is 2.33. The minimum absolute atomic E-state index is 0.736. The maximum absolute atomic E-state index is 11.8. The maximum atomic E-state index is 11.8. The van der Waals surface area contributed by atoms with Crippen molar-refractivity contribution in [1.29, 1.82) is 0 Å². The topological polar surface area (TPSA) is 46.2 Å². The summed E-state index contributed by atoms with van der Waals surface area (Å²) in [6, 6.07) is 5.82. The second kappa shape index (κ2) is 2.98. The van der Waals surface area contributed by atoms with Crippen LogP contribution in [0.15, 0.2) is 18.2 Å². The van der Waals surface area contributed by atoms with E-state index < -0.39 is 14.8 Å². The minimum Gasteiger partial charge on any atom is -0.282 e. The Morgan fingerprint density at radius 2 is 2.00 bits per heavy atom. The second-order valence-corrected chi connectivity index (χ2v) is 6.58. The first kappa shape index (κ1) is 10.5. The van der Waals surface area contributed by atoms with Crippen LogP contribution in [0.1, 0.15) is 31.9 Å². The minimum atomic E-state index is -3.26. The molecular weight excluding hydrogens is 210 g/mol. The number of aryl methyl sites for hydroxylation is 1. The Hall–Kier alpha value is -1.03. The van der Waals surface area contributed by atoms with Gasteiger partial charge in [-0.3, -0.25) is 4.72 Å². The van der Waals surface area contributed by atoms with Gasteiger partial charge in [-0.15, -0.1) is 0 Å². The highest BCUT2D eigenvalue weighted by atomic mass is 32.2. The summed E-state index contributed by atoms with van der Waals surface area (Å²) in [6.45, 7) is 5.51. The molecule has 0 spiro atoms. The molecule has 1 aromatic rings. The fourth-order valence-electron chi connectivity index (χ4n) is 1.84. The Morgan fingerprint density at radius 3 is 2.60 bits per heavy atom. The van der Waals surface area contributed by atoms with Crippen LogP contribution >= 0.6 is 0 Å². The Labute approximate surface area is 90.6 Å². The number of anilines is 1. The summed E-state index contributed by atoms with van der Waals surface area (Å²) in [5.74, 6) is 0. The Bertz CT molecular complexity index is 503. The van der Waals surface area contributed by atoms with Crippen molar-refractivity contribution >= 4 is 15.7 Å². The summed E-state index contributed by atoms with van der Waals surface area (Å²) in [7, 11) is -3.26. The van der Waals surface area contributed by atoms with Crippen molar-refractivity contribution in [3.05, 3.63) is 29.3 Å². The van der Waals surface area contributed by atoms with Crippen LogP contribution in [0.2, 0.25) is 0 Å². The van der Waals surface area contributed by atoms with E-state index in [0.717, 1.165) is 23.2 Å². The molecule has 0 saturated carbocycles. The number of nitrogens with one attached hydrogen (secondary N) is 1. The van der Waals surface area contributed by atoms with Gasteiger partial charge < -0.3 is 0 Å². The van der Waals surface area contributed by atoms with E-state index in [0.29, 0.717) is 0 Å². The molecule has 3 nitrogen and oxygen atoms in total. The molecule has 1 aromatic carbocycles. The van der Waals surface area contributed by atoms with Gasteiger partial charge >= 0.3 is 0 Å². The quantitative estimate of drug-likeness (QED) is 0.796. The number of fused-ring (bicyclic) bond motifs is 1. The van der Waals surface area contributed by atoms with Gasteiger partial charge in [0.25, 0.3) is 0 Å². The Kier molecular flexibility index (Phi) is 2.08. The third-order valence-electron chi connectivity index (χ3n) is 3.06. The Morgan fingerprint density at radius 1 is 1.33 bits per heavy atom. The van der Waals surface area contributed by atoms with Crippen LogP contribution < -0.4 is 4.72 Å². The van der Waals surface area contributed by atoms with E-state index >= 15 is 0 Å². The van der Waals surface area contributed by atoms with E-state index in [4.69, 9.17) is 0 Å². The predicted molar refractivity (Wildman–Crippen MR) is 61.4 cm³/mol. The van der Waals surface area contributed by atoms with Gasteiger partial charge in [0.1, 0.15) is 4.75 Å². The lowest BCUT2D eigenvalue weighted by molar-refractivity contribution is 0.567. The molecular formula is C11H15NO2S. The number of benzene rings is 1. The van der Waals surface area contributed by atoms with Gasteiger partial charge in [-0.1, -0.05) is 19.1 Å². The van der Waals surface area contributed by atoms with Gasteiger partial charge in [0, 0.05) is 0 Å². The lowest BCUT2D eigenvalue weighted by Gasteiger charge is -2.16. The predicted octanol–water partition coefficient (Wildman–Crippen LogP) is 2.24. The van der Waals surface area contributed by atoms with Crippen LogP contribution in [-0.2, 0) is 21.2 Å². The van der Waals surface area contributed by atoms with E-state index in [-0.39, 0.29) is 0 Å². The molecule has 0 aliphatic carbocycles. The molecule has 4 heteroatoms. The maximum Gasteiger partial charge on any atom is 0.242 e. The fourth-order valence-corrected chi connectivity index (χ4v) is 3.02. The van der Waals surface area contributed by atoms with E-state index in [1.165, 1.54) is 0 Å². The van der Waals surface area contributed by atoms with Crippen molar-refractivity contribution in [2.24, 2.45) is 0 Å². The van der Waals surface area contributed by atoms with Crippen molar-refractivity contribution in [3.63, 3.8) is 0 Å². The molecule has 82 valence electrons. The van der Waals surface area contributed by atoms with Crippen molar-refractivity contribution in [3.8, 4) is 0 Å². The first-order valence-corrected chi connectivity index (χ1v) is 6.52. The molecule has 0 unspecified atom stereocenters. The lowest BCUT2D eigenvalue weighted by Crippen LogP contribution is -2.26. The highest BCUT2D eigenvalue weighted by Crippen LogP contribution is 2.42. The van der Waals surface area contributed by atoms with Gasteiger partial charge in [0.2, 0.25) is 10.0 Å². The Balaban J connectivity index is 2.64. The van der Waals surface area contributed by atoms with E-state index in [1.54, 1.807) is 13.8 Å². The third-order valence-corrected chi connectivity index (χ3v) is 5.11. The third kappa shape index (κ3) is 1.35. The largest absolute Gasteiger partial charge is 0.282 e. The molecule has 0 bridgehead atoms. The molecule has 0 saturated heterocycles. The molecule has 2 rings (SSSR count). The number of hydrogen-bond donors (Lipinski definition) is 1. The second-order valence-electron chi connectivity index (χ2n) is 4.35. The summed E-state index contributed by atoms with van der Waals surface area (Å²) in [6.07, 6.45) is 0.912. The highest BCUT2D eigenvalue weighted by molar-refractivity contribution is 7.94. The van der Waals surface area contributed by atoms with Crippen LogP contribution in [-0.4, -0.2) is 8.42 Å². The summed E-state index contributed by atoms with van der Waals surface area (Å²) >= 11 is 0. The molecule has 0 aromatic heterocycles. The zero-order valence-corrected chi connectivity index (χ0v) is 9.98. The molecule has 0 atom stereocenters. The normalized spacial score (nSPS) is 20.7. The molecule has 1 heterocycles. The van der Waals surface area contributed by atoms with Crippen LogP contribution in [0.3, 0.4) is 0 Å². The first-order valence-electron chi connectivity index (χ1n) is 5.04. The smallest absolute Gasteiger partial charge is 0.242 e. The van der Waals surface area contributed by atoms with Crippen LogP contribution in [0, 0.1) is 0 Å². The number of sulfonamides is 1. The number of rotatable bonds is 1. The molecule has 0 radical (unpaired) electrons. The van der Waals surface area contributed by atoms with Gasteiger partial charge in [-0.25, -0.2) is 8.42 Å². The molecule has 1 aliphatic rings. The SMILES string of the molecule is CCc1ccc2c(c1)NS(=O)(=O)C2(C)C. The summed E-state index contributed by atoms with van der Waals surface area (Å²) < 4.78 is 25.4. The first-order chi connectivity index (χ1) is 6.88. The zero-order chi connectivity index (χ0) is 11.3. The lowest BCUT2D eigenvalue weighted by atomic mass is 9.98. The van der Waals surface area contributed by atoms with Crippen LogP contribution in [0.5, 0.6) is 0 Å². The van der Waals surface area contributed by atoms with Crippen molar-refractivity contribution in [2.75, 3.05) is 4.72 Å². The monoisotopic (exact) mass is 225 g/mol. The molecule has 0 amide bonds. The van der Waals surface area contributed by atoms with Crippen LogP contribution in [0.25, 0.3) is 0 Å². The average molecular weight is 225 g/mol. The highest BCUT2D eigenvalue weighted by Gasteiger charge is 2.43. The van der Waals surface area contributed by atoms with E-state index in [2.05, 4.69) is 11.6 Å².